The highest BCUT2D eigenvalue weighted by Gasteiger charge is 2.34. The maximum atomic E-state index is 12.3. The van der Waals surface area contributed by atoms with Crippen LogP contribution < -0.4 is 0 Å². The molecule has 2 rings (SSSR count). The van der Waals surface area contributed by atoms with E-state index in [0.717, 1.165) is 6.07 Å². The van der Waals surface area contributed by atoms with Gasteiger partial charge >= 0.3 is 6.18 Å². The molecule has 1 fully saturated rings. The van der Waals surface area contributed by atoms with Crippen molar-refractivity contribution in [2.45, 2.75) is 30.6 Å². The van der Waals surface area contributed by atoms with Gasteiger partial charge in [-0.1, -0.05) is 11.6 Å². The van der Waals surface area contributed by atoms with Crippen LogP contribution in [0.3, 0.4) is 0 Å². The van der Waals surface area contributed by atoms with Crippen LogP contribution in [-0.4, -0.2) is 22.0 Å². The molecule has 7 heteroatoms. The van der Waals surface area contributed by atoms with Gasteiger partial charge in [0.15, 0.2) is 5.69 Å². The van der Waals surface area contributed by atoms with Crippen molar-refractivity contribution in [1.82, 2.24) is 9.78 Å². The predicted molar refractivity (Wildman–Crippen MR) is 51.1 cm³/mol. The molecule has 0 aromatic carbocycles. The van der Waals surface area contributed by atoms with Crippen LogP contribution in [-0.2, 0) is 10.9 Å². The van der Waals surface area contributed by atoms with Crippen molar-refractivity contribution >= 4 is 11.6 Å². The summed E-state index contributed by atoms with van der Waals surface area (Å²) in [6.45, 7) is 0.444. The molecule has 1 aliphatic heterocycles. The van der Waals surface area contributed by atoms with E-state index in [9.17, 15) is 13.2 Å². The van der Waals surface area contributed by atoms with Crippen LogP contribution in [0.15, 0.2) is 12.3 Å². The molecule has 2 atom stereocenters. The van der Waals surface area contributed by atoms with Gasteiger partial charge in [0.1, 0.15) is 5.56 Å². The SMILES string of the molecule is FC(F)(F)c1ccn(C2CCOC(Cl)C2)n1. The summed E-state index contributed by atoms with van der Waals surface area (Å²) >= 11 is 5.77. The Morgan fingerprint density at radius 1 is 1.50 bits per heavy atom. The molecule has 0 aliphatic carbocycles. The zero-order valence-corrected chi connectivity index (χ0v) is 9.00. The molecule has 0 saturated carbocycles. The van der Waals surface area contributed by atoms with E-state index in [-0.39, 0.29) is 6.04 Å². The van der Waals surface area contributed by atoms with Gasteiger partial charge in [0.2, 0.25) is 0 Å². The number of hydrogen-bond acceptors (Lipinski definition) is 2. The predicted octanol–water partition coefficient (Wildman–Crippen LogP) is 2.82. The zero-order chi connectivity index (χ0) is 11.8. The van der Waals surface area contributed by atoms with Crippen molar-refractivity contribution in [3.05, 3.63) is 18.0 Å². The van der Waals surface area contributed by atoms with Gasteiger partial charge in [0.05, 0.1) is 12.6 Å². The van der Waals surface area contributed by atoms with Gasteiger partial charge in [-0.15, -0.1) is 0 Å². The van der Waals surface area contributed by atoms with Crippen molar-refractivity contribution in [1.29, 1.82) is 0 Å². The Balaban J connectivity index is 2.12. The van der Waals surface area contributed by atoms with Crippen LogP contribution in [0.1, 0.15) is 24.6 Å². The third-order valence-corrected chi connectivity index (χ3v) is 2.78. The number of aromatic nitrogens is 2. The minimum absolute atomic E-state index is 0.118. The molecule has 0 N–H and O–H groups in total. The molecule has 1 aromatic heterocycles. The quantitative estimate of drug-likeness (QED) is 0.721. The standard InChI is InChI=1S/C9H10ClF3N2O/c10-8-5-6(2-4-16-8)15-3-1-7(14-15)9(11,12)13/h1,3,6,8H,2,4-5H2. The van der Waals surface area contributed by atoms with E-state index >= 15 is 0 Å². The van der Waals surface area contributed by atoms with Gasteiger partial charge in [-0.3, -0.25) is 4.68 Å². The molecule has 2 unspecified atom stereocenters. The van der Waals surface area contributed by atoms with Gasteiger partial charge in [-0.05, 0) is 12.5 Å². The fourth-order valence-corrected chi connectivity index (χ4v) is 1.96. The smallest absolute Gasteiger partial charge is 0.362 e. The summed E-state index contributed by atoms with van der Waals surface area (Å²) in [5.74, 6) is 0. The topological polar surface area (TPSA) is 27.1 Å². The number of alkyl halides is 4. The molecule has 3 nitrogen and oxygen atoms in total. The Labute approximate surface area is 95.1 Å². The van der Waals surface area contributed by atoms with Crippen LogP contribution in [0.4, 0.5) is 13.2 Å². The average Bonchev–Trinajstić information content (AvgIpc) is 2.65. The molecule has 0 bridgehead atoms. The molecule has 90 valence electrons. The largest absolute Gasteiger partial charge is 0.435 e. The van der Waals surface area contributed by atoms with Gasteiger partial charge in [0.25, 0.3) is 0 Å². The molecule has 1 aliphatic rings. The fourth-order valence-electron chi connectivity index (χ4n) is 1.66. The minimum Gasteiger partial charge on any atom is -0.362 e. The third-order valence-electron chi connectivity index (χ3n) is 2.48. The third kappa shape index (κ3) is 2.49. The lowest BCUT2D eigenvalue weighted by Gasteiger charge is -2.26. The minimum atomic E-state index is -4.39. The van der Waals surface area contributed by atoms with E-state index in [1.165, 1.54) is 10.9 Å². The highest BCUT2D eigenvalue weighted by molar-refractivity contribution is 6.19. The zero-order valence-electron chi connectivity index (χ0n) is 8.25. The molecule has 1 aromatic rings. The normalized spacial score (nSPS) is 27.0. The Hall–Kier alpha value is -0.750. The average molecular weight is 255 g/mol. The first-order chi connectivity index (χ1) is 7.47. The summed E-state index contributed by atoms with van der Waals surface area (Å²) in [6, 6.07) is 0.853. The van der Waals surface area contributed by atoms with Gasteiger partial charge in [-0.2, -0.15) is 18.3 Å². The number of rotatable bonds is 1. The molecule has 0 spiro atoms. The van der Waals surface area contributed by atoms with Crippen LogP contribution in [0.2, 0.25) is 0 Å². The Kier molecular flexibility index (Phi) is 3.12. The number of hydrogen-bond donors (Lipinski definition) is 0. The number of ether oxygens (including phenoxy) is 1. The summed E-state index contributed by atoms with van der Waals surface area (Å²) in [7, 11) is 0. The molecular formula is C9H10ClF3N2O. The number of halogens is 4. The van der Waals surface area contributed by atoms with E-state index in [1.807, 2.05) is 0 Å². The summed E-state index contributed by atoms with van der Waals surface area (Å²) in [6.07, 6.45) is -1.96. The lowest BCUT2D eigenvalue weighted by molar-refractivity contribution is -0.141. The van der Waals surface area contributed by atoms with Crippen molar-refractivity contribution in [2.24, 2.45) is 0 Å². The van der Waals surface area contributed by atoms with Gasteiger partial charge < -0.3 is 4.74 Å². The number of nitrogens with zero attached hydrogens (tertiary/aromatic N) is 2. The first kappa shape index (κ1) is 11.7. The lowest BCUT2D eigenvalue weighted by atomic mass is 10.1. The van der Waals surface area contributed by atoms with Crippen LogP contribution in [0, 0.1) is 0 Å². The molecule has 1 saturated heterocycles. The molecule has 0 amide bonds. The summed E-state index contributed by atoms with van der Waals surface area (Å²) in [5, 5.41) is 3.52. The van der Waals surface area contributed by atoms with Crippen LogP contribution in [0.5, 0.6) is 0 Å². The second kappa shape index (κ2) is 4.25. The highest BCUT2D eigenvalue weighted by Crippen LogP contribution is 2.30. The van der Waals surface area contributed by atoms with E-state index < -0.39 is 17.4 Å². The van der Waals surface area contributed by atoms with E-state index in [1.54, 1.807) is 0 Å². The molecule has 16 heavy (non-hydrogen) atoms. The summed E-state index contributed by atoms with van der Waals surface area (Å²) < 4.78 is 43.4. The molecular weight excluding hydrogens is 245 g/mol. The van der Waals surface area contributed by atoms with Crippen molar-refractivity contribution < 1.29 is 17.9 Å². The van der Waals surface area contributed by atoms with Crippen molar-refractivity contribution in [3.63, 3.8) is 0 Å². The Morgan fingerprint density at radius 3 is 2.81 bits per heavy atom. The van der Waals surface area contributed by atoms with Crippen molar-refractivity contribution in [3.8, 4) is 0 Å². The lowest BCUT2D eigenvalue weighted by Crippen LogP contribution is -2.24. The molecule has 2 heterocycles. The van der Waals surface area contributed by atoms with Crippen LogP contribution in [0.25, 0.3) is 0 Å². The second-order valence-electron chi connectivity index (χ2n) is 3.64. The summed E-state index contributed by atoms with van der Waals surface area (Å²) in [4.78, 5) is 0. The second-order valence-corrected chi connectivity index (χ2v) is 4.12. The van der Waals surface area contributed by atoms with Gasteiger partial charge in [0, 0.05) is 12.6 Å². The Bertz CT molecular complexity index is 366. The van der Waals surface area contributed by atoms with E-state index in [2.05, 4.69) is 5.10 Å². The first-order valence-electron chi connectivity index (χ1n) is 4.85. The monoisotopic (exact) mass is 254 g/mol. The fraction of sp³-hybridized carbons (Fsp3) is 0.667. The van der Waals surface area contributed by atoms with Crippen LogP contribution >= 0.6 is 11.6 Å². The Morgan fingerprint density at radius 2 is 2.25 bits per heavy atom. The van der Waals surface area contributed by atoms with E-state index in [0.29, 0.717) is 19.4 Å². The molecule has 0 radical (unpaired) electrons. The summed E-state index contributed by atoms with van der Waals surface area (Å²) in [5.41, 5.74) is -1.32. The maximum absolute atomic E-state index is 12.3. The van der Waals surface area contributed by atoms with Gasteiger partial charge in [-0.25, -0.2) is 0 Å². The van der Waals surface area contributed by atoms with E-state index in [4.69, 9.17) is 16.3 Å². The first-order valence-corrected chi connectivity index (χ1v) is 5.28. The maximum Gasteiger partial charge on any atom is 0.435 e. The van der Waals surface area contributed by atoms with Crippen molar-refractivity contribution in [2.75, 3.05) is 6.61 Å². The highest BCUT2D eigenvalue weighted by atomic mass is 35.5.